The molecule has 108 valence electrons. The Morgan fingerprint density at radius 3 is 2.50 bits per heavy atom. The molecular weight excluding hydrogens is 264 g/mol. The second-order valence-corrected chi connectivity index (χ2v) is 4.76. The SMILES string of the molecule is O=C(NC1(CO)CN(C(=O)O)C1)OCc1ccccc1. The number of amides is 2. The Hall–Kier alpha value is -2.28. The molecule has 1 fully saturated rings. The monoisotopic (exact) mass is 280 g/mol. The molecule has 2 rings (SSSR count). The number of ether oxygens (including phenoxy) is 1. The molecule has 0 unspecified atom stereocenters. The minimum absolute atomic E-state index is 0.0548. The standard InChI is InChI=1S/C13H16N2O5/c16-9-13(7-15(8-13)12(18)19)14-11(17)20-6-10-4-2-1-3-5-10/h1-5,16H,6-9H2,(H,14,17)(H,18,19). The van der Waals surface area contributed by atoms with E-state index in [9.17, 15) is 14.7 Å². The third kappa shape index (κ3) is 3.18. The average Bonchev–Trinajstić information content (AvgIpc) is 2.41. The van der Waals surface area contributed by atoms with Crippen molar-refractivity contribution in [2.24, 2.45) is 0 Å². The molecule has 1 aliphatic rings. The summed E-state index contributed by atoms with van der Waals surface area (Å²) in [5, 5.41) is 20.5. The van der Waals surface area contributed by atoms with Crippen LogP contribution in [0.4, 0.5) is 9.59 Å². The van der Waals surface area contributed by atoms with Gasteiger partial charge in [0.25, 0.3) is 0 Å². The van der Waals surface area contributed by atoms with E-state index in [0.717, 1.165) is 10.5 Å². The predicted octanol–water partition coefficient (Wildman–Crippen LogP) is 0.637. The Morgan fingerprint density at radius 1 is 1.30 bits per heavy atom. The maximum Gasteiger partial charge on any atom is 0.408 e. The lowest BCUT2D eigenvalue weighted by atomic mass is 9.91. The van der Waals surface area contributed by atoms with Gasteiger partial charge in [-0.1, -0.05) is 30.3 Å². The topological polar surface area (TPSA) is 99.1 Å². The molecule has 1 saturated heterocycles. The number of rotatable bonds is 4. The van der Waals surface area contributed by atoms with Crippen LogP contribution in [0.2, 0.25) is 0 Å². The number of benzene rings is 1. The number of nitrogens with one attached hydrogen (secondary N) is 1. The van der Waals surface area contributed by atoms with E-state index in [1.54, 1.807) is 0 Å². The van der Waals surface area contributed by atoms with Crippen molar-refractivity contribution < 1.29 is 24.5 Å². The van der Waals surface area contributed by atoms with Crippen molar-refractivity contribution in [1.29, 1.82) is 0 Å². The van der Waals surface area contributed by atoms with Gasteiger partial charge >= 0.3 is 12.2 Å². The summed E-state index contributed by atoms with van der Waals surface area (Å²) in [6.07, 6.45) is -1.75. The Kier molecular flexibility index (Phi) is 4.09. The fraction of sp³-hybridized carbons (Fsp3) is 0.385. The molecular formula is C13H16N2O5. The van der Waals surface area contributed by atoms with Crippen LogP contribution in [-0.2, 0) is 11.3 Å². The molecule has 7 nitrogen and oxygen atoms in total. The van der Waals surface area contributed by atoms with Crippen LogP contribution in [0, 0.1) is 0 Å². The van der Waals surface area contributed by atoms with Crippen LogP contribution in [0.3, 0.4) is 0 Å². The highest BCUT2D eigenvalue weighted by Gasteiger charge is 2.46. The highest BCUT2D eigenvalue weighted by atomic mass is 16.5. The average molecular weight is 280 g/mol. The molecule has 1 heterocycles. The van der Waals surface area contributed by atoms with Crippen LogP contribution >= 0.6 is 0 Å². The Labute approximate surface area is 115 Å². The van der Waals surface area contributed by atoms with Crippen LogP contribution in [0.15, 0.2) is 30.3 Å². The Bertz CT molecular complexity index is 485. The van der Waals surface area contributed by atoms with E-state index in [1.807, 2.05) is 30.3 Å². The van der Waals surface area contributed by atoms with Crippen molar-refractivity contribution in [2.45, 2.75) is 12.1 Å². The minimum Gasteiger partial charge on any atom is -0.465 e. The summed E-state index contributed by atoms with van der Waals surface area (Å²) in [6, 6.07) is 9.18. The zero-order valence-corrected chi connectivity index (χ0v) is 10.8. The van der Waals surface area contributed by atoms with Gasteiger partial charge in [-0.15, -0.1) is 0 Å². The molecule has 1 aliphatic heterocycles. The highest BCUT2D eigenvalue weighted by molar-refractivity contribution is 5.71. The van der Waals surface area contributed by atoms with Gasteiger partial charge in [0, 0.05) is 0 Å². The number of carbonyl (C=O) groups excluding carboxylic acids is 1. The van der Waals surface area contributed by atoms with Crippen LogP contribution in [0.5, 0.6) is 0 Å². The predicted molar refractivity (Wildman–Crippen MR) is 69.2 cm³/mol. The summed E-state index contributed by atoms with van der Waals surface area (Å²) in [5.41, 5.74) is -0.0897. The minimum atomic E-state index is -1.08. The molecule has 0 atom stereocenters. The third-order valence-electron chi connectivity index (χ3n) is 3.14. The number of carbonyl (C=O) groups is 2. The van der Waals surface area contributed by atoms with Gasteiger partial charge in [-0.05, 0) is 5.56 Å². The third-order valence-corrected chi connectivity index (χ3v) is 3.14. The lowest BCUT2D eigenvalue weighted by Crippen LogP contribution is -2.73. The fourth-order valence-electron chi connectivity index (χ4n) is 2.01. The van der Waals surface area contributed by atoms with E-state index in [1.165, 1.54) is 0 Å². The molecule has 2 amide bonds. The van der Waals surface area contributed by atoms with Crippen molar-refractivity contribution in [3.8, 4) is 0 Å². The van der Waals surface area contributed by atoms with Gasteiger partial charge in [0.05, 0.1) is 19.7 Å². The number of likely N-dealkylation sites (tertiary alicyclic amines) is 1. The molecule has 20 heavy (non-hydrogen) atoms. The highest BCUT2D eigenvalue weighted by Crippen LogP contribution is 2.20. The first kappa shape index (κ1) is 14.1. The molecule has 0 aromatic heterocycles. The quantitative estimate of drug-likeness (QED) is 0.751. The maximum atomic E-state index is 11.6. The van der Waals surface area contributed by atoms with Crippen molar-refractivity contribution in [3.05, 3.63) is 35.9 Å². The molecule has 1 aromatic carbocycles. The second-order valence-electron chi connectivity index (χ2n) is 4.76. The molecule has 7 heteroatoms. The fourth-order valence-corrected chi connectivity index (χ4v) is 2.01. The Balaban J connectivity index is 1.81. The normalized spacial score (nSPS) is 16.1. The molecule has 0 saturated carbocycles. The van der Waals surface area contributed by atoms with Crippen LogP contribution in [-0.4, -0.2) is 52.5 Å². The molecule has 0 radical (unpaired) electrons. The van der Waals surface area contributed by atoms with Crippen molar-refractivity contribution in [2.75, 3.05) is 19.7 Å². The first-order valence-corrected chi connectivity index (χ1v) is 6.12. The summed E-state index contributed by atoms with van der Waals surface area (Å²) >= 11 is 0. The van der Waals surface area contributed by atoms with Gasteiger partial charge in [-0.25, -0.2) is 9.59 Å². The first-order chi connectivity index (χ1) is 9.54. The summed E-state index contributed by atoms with van der Waals surface area (Å²) in [4.78, 5) is 23.4. The second kappa shape index (κ2) is 5.79. The number of hydrogen-bond donors (Lipinski definition) is 3. The lowest BCUT2D eigenvalue weighted by Gasteiger charge is -2.47. The first-order valence-electron chi connectivity index (χ1n) is 6.12. The zero-order chi connectivity index (χ0) is 14.6. The van der Waals surface area contributed by atoms with E-state index in [4.69, 9.17) is 9.84 Å². The van der Waals surface area contributed by atoms with Gasteiger partial charge in [-0.2, -0.15) is 0 Å². The smallest absolute Gasteiger partial charge is 0.408 e. The lowest BCUT2D eigenvalue weighted by molar-refractivity contribution is 0.00551. The van der Waals surface area contributed by atoms with E-state index in [-0.39, 0.29) is 26.3 Å². The van der Waals surface area contributed by atoms with Crippen molar-refractivity contribution in [3.63, 3.8) is 0 Å². The van der Waals surface area contributed by atoms with E-state index in [0.29, 0.717) is 0 Å². The number of hydrogen-bond acceptors (Lipinski definition) is 4. The Morgan fingerprint density at radius 2 is 1.95 bits per heavy atom. The van der Waals surface area contributed by atoms with E-state index in [2.05, 4.69) is 5.32 Å². The van der Waals surface area contributed by atoms with Gasteiger partial charge in [-0.3, -0.25) is 0 Å². The number of nitrogens with zero attached hydrogens (tertiary/aromatic N) is 1. The maximum absolute atomic E-state index is 11.6. The largest absolute Gasteiger partial charge is 0.465 e. The van der Waals surface area contributed by atoms with Gasteiger partial charge < -0.3 is 25.2 Å². The number of alkyl carbamates (subject to hydrolysis) is 1. The summed E-state index contributed by atoms with van der Waals surface area (Å²) < 4.78 is 5.03. The zero-order valence-electron chi connectivity index (χ0n) is 10.8. The van der Waals surface area contributed by atoms with Crippen molar-refractivity contribution >= 4 is 12.2 Å². The number of carboxylic acid groups (broad SMARTS) is 1. The molecule has 3 N–H and O–H groups in total. The summed E-state index contributed by atoms with van der Waals surface area (Å²) in [5.74, 6) is 0. The number of aliphatic hydroxyl groups excluding tert-OH is 1. The molecule has 0 aliphatic carbocycles. The molecule has 1 aromatic rings. The van der Waals surface area contributed by atoms with Crippen LogP contribution in [0.1, 0.15) is 5.56 Å². The van der Waals surface area contributed by atoms with Gasteiger partial charge in [0.1, 0.15) is 12.1 Å². The van der Waals surface area contributed by atoms with Crippen LogP contribution in [0.25, 0.3) is 0 Å². The summed E-state index contributed by atoms with van der Waals surface area (Å²) in [6.45, 7) is -0.105. The van der Waals surface area contributed by atoms with Gasteiger partial charge in [0.2, 0.25) is 0 Å². The van der Waals surface area contributed by atoms with E-state index < -0.39 is 17.7 Å². The van der Waals surface area contributed by atoms with Crippen LogP contribution < -0.4 is 5.32 Å². The summed E-state index contributed by atoms with van der Waals surface area (Å²) in [7, 11) is 0. The van der Waals surface area contributed by atoms with Crippen molar-refractivity contribution in [1.82, 2.24) is 10.2 Å². The van der Waals surface area contributed by atoms with E-state index >= 15 is 0 Å². The van der Waals surface area contributed by atoms with Gasteiger partial charge in [0.15, 0.2) is 0 Å². The molecule has 0 bridgehead atoms. The molecule has 0 spiro atoms. The number of aliphatic hydroxyl groups is 1.